The summed E-state index contributed by atoms with van der Waals surface area (Å²) < 4.78 is 3.47. The molecule has 1 aliphatic heterocycles. The Kier molecular flexibility index (Phi) is 4.53. The lowest BCUT2D eigenvalue weighted by atomic mass is 10.1. The van der Waals surface area contributed by atoms with Crippen molar-refractivity contribution in [1.82, 2.24) is 14.0 Å². The molecule has 1 unspecified atom stereocenters. The van der Waals surface area contributed by atoms with Crippen LogP contribution < -0.4 is 15.8 Å². The van der Waals surface area contributed by atoms with Gasteiger partial charge in [-0.15, -0.1) is 0 Å². The van der Waals surface area contributed by atoms with Crippen molar-refractivity contribution in [2.24, 2.45) is 14.1 Å². The quantitative estimate of drug-likeness (QED) is 0.491. The van der Waals surface area contributed by atoms with Gasteiger partial charge in [-0.1, -0.05) is 18.2 Å². The molecule has 2 N–H and O–H groups in total. The van der Waals surface area contributed by atoms with Gasteiger partial charge in [-0.2, -0.15) is 0 Å². The molecule has 1 saturated carbocycles. The van der Waals surface area contributed by atoms with Crippen molar-refractivity contribution < 1.29 is 9.90 Å². The molecule has 2 aromatic carbocycles. The van der Waals surface area contributed by atoms with Crippen LogP contribution in [0.2, 0.25) is 0 Å². The summed E-state index contributed by atoms with van der Waals surface area (Å²) in [6, 6.07) is 18.7. The van der Waals surface area contributed by atoms with Gasteiger partial charge in [0.25, 0.3) is 11.5 Å². The maximum atomic E-state index is 13.8. The van der Waals surface area contributed by atoms with E-state index < -0.39 is 6.35 Å². The highest BCUT2D eigenvalue weighted by Gasteiger charge is 2.47. The number of fused-ring (bicyclic) bond motifs is 2. The van der Waals surface area contributed by atoms with Gasteiger partial charge in [0.1, 0.15) is 11.4 Å². The van der Waals surface area contributed by atoms with Gasteiger partial charge in [-0.05, 0) is 49.2 Å². The van der Waals surface area contributed by atoms with E-state index in [0.717, 1.165) is 29.4 Å². The first-order chi connectivity index (χ1) is 16.4. The third kappa shape index (κ3) is 3.10. The van der Waals surface area contributed by atoms with Crippen molar-refractivity contribution >= 4 is 39.7 Å². The first-order valence-corrected chi connectivity index (χ1v) is 11.3. The van der Waals surface area contributed by atoms with Crippen LogP contribution in [0.3, 0.4) is 0 Å². The topological polar surface area (TPSA) is 82.7 Å². The highest BCUT2D eigenvalue weighted by molar-refractivity contribution is 6.08. The Hall–Kier alpha value is -4.04. The Labute approximate surface area is 196 Å². The van der Waals surface area contributed by atoms with Crippen molar-refractivity contribution in [3.05, 3.63) is 82.8 Å². The maximum Gasteiger partial charge on any atom is 0.263 e. The van der Waals surface area contributed by atoms with Gasteiger partial charge in [-0.25, -0.2) is 0 Å². The minimum Gasteiger partial charge on any atom is -0.356 e. The van der Waals surface area contributed by atoms with Gasteiger partial charge in [0.2, 0.25) is 6.35 Å². The maximum absolute atomic E-state index is 13.8. The Morgan fingerprint density at radius 1 is 0.971 bits per heavy atom. The molecule has 0 radical (unpaired) electrons. The number of aryl methyl sites for hydroxylation is 1. The molecule has 2 aromatic heterocycles. The number of anilines is 4. The minimum atomic E-state index is -1.20. The number of rotatable bonds is 4. The number of para-hydroxylation sites is 1. The Balaban J connectivity index is 1.54. The molecule has 0 spiro atoms. The smallest absolute Gasteiger partial charge is 0.263 e. The van der Waals surface area contributed by atoms with E-state index in [-0.39, 0.29) is 17.5 Å². The van der Waals surface area contributed by atoms with E-state index in [0.29, 0.717) is 22.8 Å². The summed E-state index contributed by atoms with van der Waals surface area (Å²) in [5.41, 5.74) is 3.09. The zero-order chi connectivity index (χ0) is 23.6. The van der Waals surface area contributed by atoms with Crippen LogP contribution in [0.1, 0.15) is 23.2 Å². The number of hydrogen-bond acceptors (Lipinski definition) is 5. The van der Waals surface area contributed by atoms with E-state index in [9.17, 15) is 14.7 Å². The third-order valence-corrected chi connectivity index (χ3v) is 6.70. The average molecular weight is 456 g/mol. The van der Waals surface area contributed by atoms with Crippen molar-refractivity contribution in [2.75, 3.05) is 10.2 Å². The average Bonchev–Trinajstić information content (AvgIpc) is 3.60. The number of aromatic nitrogens is 2. The molecule has 0 bridgehead atoms. The third-order valence-electron chi connectivity index (χ3n) is 6.70. The molecule has 34 heavy (non-hydrogen) atoms. The first kappa shape index (κ1) is 20.6. The zero-order valence-electron chi connectivity index (χ0n) is 19.0. The van der Waals surface area contributed by atoms with Crippen molar-refractivity contribution in [3.63, 3.8) is 0 Å². The molecule has 8 nitrogen and oxygen atoms in total. The second-order valence-corrected chi connectivity index (χ2v) is 8.97. The number of hydrogen-bond donors (Lipinski definition) is 2. The monoisotopic (exact) mass is 455 g/mol. The van der Waals surface area contributed by atoms with Gasteiger partial charge >= 0.3 is 0 Å². The van der Waals surface area contributed by atoms with Crippen LogP contribution in [0.15, 0.2) is 71.7 Å². The molecule has 6 rings (SSSR count). The minimum absolute atomic E-state index is 0.0207. The van der Waals surface area contributed by atoms with Gasteiger partial charge < -0.3 is 15.0 Å². The number of carbonyl (C=O) groups excluding carboxylic acids is 1. The molecule has 1 fully saturated rings. The summed E-state index contributed by atoms with van der Waals surface area (Å²) in [4.78, 5) is 30.0. The SMILES string of the molecule is Cn1c2c(c(Nc3ccc4c(ccn4C)c3)cc1=O)C(=O)N(C1CC1)C(O)N2c1ccccc1. The van der Waals surface area contributed by atoms with Gasteiger partial charge in [0.05, 0.1) is 5.69 Å². The Bertz CT molecular complexity index is 1490. The van der Waals surface area contributed by atoms with Crippen molar-refractivity contribution in [1.29, 1.82) is 0 Å². The fourth-order valence-electron chi connectivity index (χ4n) is 4.81. The largest absolute Gasteiger partial charge is 0.356 e. The first-order valence-electron chi connectivity index (χ1n) is 11.3. The lowest BCUT2D eigenvalue weighted by molar-refractivity contribution is 0.00267. The standard InChI is InChI=1S/C26H25N5O3/c1-28-13-12-16-14-17(8-11-21(16)28)27-20-15-22(32)29(2)24-23(20)25(33)31(19-9-10-19)26(34)30(24)18-6-4-3-5-7-18/h3-8,11-15,19,26-27,34H,9-10H2,1-2H3. The number of nitrogens with one attached hydrogen (secondary N) is 1. The molecule has 3 heterocycles. The predicted molar refractivity (Wildman–Crippen MR) is 132 cm³/mol. The Morgan fingerprint density at radius 3 is 2.47 bits per heavy atom. The molecular formula is C26H25N5O3. The number of benzene rings is 2. The molecule has 4 aromatic rings. The predicted octanol–water partition coefficient (Wildman–Crippen LogP) is 3.65. The lowest BCUT2D eigenvalue weighted by Crippen LogP contribution is -2.56. The number of carbonyl (C=O) groups is 1. The Morgan fingerprint density at radius 2 is 1.74 bits per heavy atom. The molecule has 172 valence electrons. The molecular weight excluding hydrogens is 430 g/mol. The fourth-order valence-corrected chi connectivity index (χ4v) is 4.81. The molecule has 1 aliphatic carbocycles. The van der Waals surface area contributed by atoms with E-state index in [4.69, 9.17) is 0 Å². The molecule has 2 aliphatic rings. The summed E-state index contributed by atoms with van der Waals surface area (Å²) in [5, 5.41) is 15.7. The molecule has 1 amide bonds. The van der Waals surface area contributed by atoms with Gasteiger partial charge in [0.15, 0.2) is 0 Å². The van der Waals surface area contributed by atoms with Gasteiger partial charge in [-0.3, -0.25) is 24.0 Å². The van der Waals surface area contributed by atoms with E-state index >= 15 is 0 Å². The number of aliphatic hydroxyl groups excluding tert-OH is 1. The van der Waals surface area contributed by atoms with E-state index in [1.165, 1.54) is 15.5 Å². The van der Waals surface area contributed by atoms with E-state index in [1.807, 2.05) is 72.4 Å². The second-order valence-electron chi connectivity index (χ2n) is 8.97. The van der Waals surface area contributed by atoms with Crippen LogP contribution in [0.25, 0.3) is 10.9 Å². The second kappa shape index (κ2) is 7.50. The van der Waals surface area contributed by atoms with Gasteiger partial charge in [0, 0.05) is 54.7 Å². The highest BCUT2D eigenvalue weighted by Crippen LogP contribution is 2.43. The zero-order valence-corrected chi connectivity index (χ0v) is 19.0. The number of aliphatic hydroxyl groups is 1. The van der Waals surface area contributed by atoms with Crippen LogP contribution in [-0.2, 0) is 14.1 Å². The summed E-state index contributed by atoms with van der Waals surface area (Å²) in [6.07, 6.45) is 2.49. The number of amides is 1. The van der Waals surface area contributed by atoms with Crippen LogP contribution in [0, 0.1) is 0 Å². The van der Waals surface area contributed by atoms with Crippen LogP contribution >= 0.6 is 0 Å². The van der Waals surface area contributed by atoms with E-state index in [2.05, 4.69) is 5.32 Å². The van der Waals surface area contributed by atoms with Crippen LogP contribution in [-0.4, -0.2) is 37.4 Å². The fraction of sp³-hybridized carbons (Fsp3) is 0.231. The molecule has 1 atom stereocenters. The normalized spacial score (nSPS) is 17.9. The summed E-state index contributed by atoms with van der Waals surface area (Å²) in [5.74, 6) is 0.0902. The van der Waals surface area contributed by atoms with Crippen molar-refractivity contribution in [2.45, 2.75) is 25.2 Å². The van der Waals surface area contributed by atoms with Crippen LogP contribution in [0.4, 0.5) is 22.9 Å². The summed E-state index contributed by atoms with van der Waals surface area (Å²) >= 11 is 0. The lowest BCUT2D eigenvalue weighted by Gasteiger charge is -2.43. The summed E-state index contributed by atoms with van der Waals surface area (Å²) in [7, 11) is 3.62. The summed E-state index contributed by atoms with van der Waals surface area (Å²) in [6.45, 7) is 0. The molecule has 0 saturated heterocycles. The van der Waals surface area contributed by atoms with Crippen molar-refractivity contribution in [3.8, 4) is 0 Å². The van der Waals surface area contributed by atoms with E-state index in [1.54, 1.807) is 11.9 Å². The molecule has 8 heteroatoms. The highest BCUT2D eigenvalue weighted by atomic mass is 16.3. The van der Waals surface area contributed by atoms with Crippen LogP contribution in [0.5, 0.6) is 0 Å². The number of pyridine rings is 1. The number of nitrogens with zero attached hydrogens (tertiary/aromatic N) is 4.